The molecule has 0 fully saturated rings. The fourth-order valence-corrected chi connectivity index (χ4v) is 4.25. The van der Waals surface area contributed by atoms with Crippen molar-refractivity contribution in [1.82, 2.24) is 5.01 Å². The van der Waals surface area contributed by atoms with Crippen LogP contribution in [0.2, 0.25) is 0 Å². The molecule has 3 aromatic rings. The minimum atomic E-state index is -0.231. The Balaban J connectivity index is 1.60. The Bertz CT molecular complexity index is 1030. The molecule has 3 aromatic carbocycles. The SMILES string of the molecule is Cc1ccc(C2=NN3[C@@H](C2)c2ccccc2O[C@H]3c2cccc(Br)c2)cc1. The van der Waals surface area contributed by atoms with Crippen LogP contribution in [-0.4, -0.2) is 10.7 Å². The van der Waals surface area contributed by atoms with E-state index in [1.54, 1.807) is 0 Å². The molecule has 5 rings (SSSR count). The average molecular weight is 419 g/mol. The van der Waals surface area contributed by atoms with Gasteiger partial charge in [0, 0.05) is 22.0 Å². The maximum atomic E-state index is 6.39. The number of nitrogens with zero attached hydrogens (tertiary/aromatic N) is 2. The highest BCUT2D eigenvalue weighted by molar-refractivity contribution is 9.10. The van der Waals surface area contributed by atoms with E-state index in [2.05, 4.69) is 82.5 Å². The van der Waals surface area contributed by atoms with Crippen LogP contribution in [0.5, 0.6) is 5.75 Å². The Morgan fingerprint density at radius 3 is 2.63 bits per heavy atom. The van der Waals surface area contributed by atoms with Gasteiger partial charge in [-0.2, -0.15) is 5.10 Å². The molecule has 2 heterocycles. The molecule has 0 N–H and O–H groups in total. The van der Waals surface area contributed by atoms with Gasteiger partial charge in [-0.25, -0.2) is 5.01 Å². The lowest BCUT2D eigenvalue weighted by atomic mass is 9.95. The number of ether oxygens (including phenoxy) is 1. The van der Waals surface area contributed by atoms with Gasteiger partial charge in [-0.15, -0.1) is 0 Å². The number of hydrogen-bond acceptors (Lipinski definition) is 3. The fraction of sp³-hybridized carbons (Fsp3) is 0.174. The summed E-state index contributed by atoms with van der Waals surface area (Å²) in [4.78, 5) is 0. The minimum Gasteiger partial charge on any atom is -0.464 e. The topological polar surface area (TPSA) is 24.8 Å². The molecule has 0 radical (unpaired) electrons. The van der Waals surface area contributed by atoms with Crippen molar-refractivity contribution >= 4 is 21.6 Å². The summed E-state index contributed by atoms with van der Waals surface area (Å²) in [6.07, 6.45) is 0.652. The van der Waals surface area contributed by atoms with Crippen LogP contribution < -0.4 is 4.74 Å². The summed E-state index contributed by atoms with van der Waals surface area (Å²) in [7, 11) is 0. The summed E-state index contributed by atoms with van der Waals surface area (Å²) in [6, 6.07) is 25.4. The summed E-state index contributed by atoms with van der Waals surface area (Å²) < 4.78 is 7.43. The zero-order valence-electron chi connectivity index (χ0n) is 15.0. The molecule has 2 aliphatic rings. The molecule has 2 aliphatic heterocycles. The lowest BCUT2D eigenvalue weighted by Gasteiger charge is -2.38. The summed E-state index contributed by atoms with van der Waals surface area (Å²) >= 11 is 3.58. The largest absolute Gasteiger partial charge is 0.464 e. The quantitative estimate of drug-likeness (QED) is 0.509. The van der Waals surface area contributed by atoms with Crippen molar-refractivity contribution in [3.8, 4) is 5.75 Å². The van der Waals surface area contributed by atoms with E-state index in [-0.39, 0.29) is 12.3 Å². The van der Waals surface area contributed by atoms with Crippen LogP contribution in [0.15, 0.2) is 82.4 Å². The highest BCUT2D eigenvalue weighted by Gasteiger charge is 2.40. The molecule has 0 saturated heterocycles. The molecule has 4 heteroatoms. The number of hydrazone groups is 1. The molecule has 0 unspecified atom stereocenters. The average Bonchev–Trinajstić information content (AvgIpc) is 3.13. The molecule has 2 atom stereocenters. The van der Waals surface area contributed by atoms with E-state index < -0.39 is 0 Å². The smallest absolute Gasteiger partial charge is 0.213 e. The summed E-state index contributed by atoms with van der Waals surface area (Å²) in [5, 5.41) is 7.13. The second kappa shape index (κ2) is 6.54. The van der Waals surface area contributed by atoms with Gasteiger partial charge in [0.25, 0.3) is 0 Å². The Morgan fingerprint density at radius 2 is 1.81 bits per heavy atom. The second-order valence-electron chi connectivity index (χ2n) is 7.08. The van der Waals surface area contributed by atoms with E-state index in [4.69, 9.17) is 9.84 Å². The third kappa shape index (κ3) is 2.94. The van der Waals surface area contributed by atoms with E-state index in [0.29, 0.717) is 0 Å². The highest BCUT2D eigenvalue weighted by Crippen LogP contribution is 2.47. The number of aryl methyl sites for hydroxylation is 1. The van der Waals surface area contributed by atoms with Crippen molar-refractivity contribution in [2.45, 2.75) is 25.6 Å². The van der Waals surface area contributed by atoms with Crippen LogP contribution in [0.25, 0.3) is 0 Å². The van der Waals surface area contributed by atoms with Crippen molar-refractivity contribution in [2.75, 3.05) is 0 Å². The van der Waals surface area contributed by atoms with Gasteiger partial charge in [0.1, 0.15) is 5.75 Å². The normalized spacial score (nSPS) is 20.5. The lowest BCUT2D eigenvalue weighted by molar-refractivity contribution is -0.0190. The second-order valence-corrected chi connectivity index (χ2v) is 7.99. The maximum absolute atomic E-state index is 6.39. The molecule has 0 saturated carbocycles. The number of benzene rings is 3. The molecule has 134 valence electrons. The van der Waals surface area contributed by atoms with Crippen LogP contribution in [0.3, 0.4) is 0 Å². The van der Waals surface area contributed by atoms with Gasteiger partial charge >= 0.3 is 0 Å². The predicted octanol–water partition coefficient (Wildman–Crippen LogP) is 6.00. The molecule has 27 heavy (non-hydrogen) atoms. The first-order valence-electron chi connectivity index (χ1n) is 9.13. The van der Waals surface area contributed by atoms with Crippen molar-refractivity contribution < 1.29 is 4.74 Å². The van der Waals surface area contributed by atoms with Gasteiger partial charge in [0.15, 0.2) is 0 Å². The Kier molecular flexibility index (Phi) is 4.01. The lowest BCUT2D eigenvalue weighted by Crippen LogP contribution is -2.33. The Labute approximate surface area is 167 Å². The first-order chi connectivity index (χ1) is 13.2. The minimum absolute atomic E-state index is 0.190. The number of rotatable bonds is 2. The molecule has 0 aliphatic carbocycles. The van der Waals surface area contributed by atoms with Crippen LogP contribution in [0, 0.1) is 6.92 Å². The molecule has 3 nitrogen and oxygen atoms in total. The molecular weight excluding hydrogens is 400 g/mol. The third-order valence-corrected chi connectivity index (χ3v) is 5.71. The Morgan fingerprint density at radius 1 is 1.00 bits per heavy atom. The number of halogens is 1. The van der Waals surface area contributed by atoms with E-state index in [1.165, 1.54) is 16.7 Å². The van der Waals surface area contributed by atoms with E-state index in [1.807, 2.05) is 18.2 Å². The predicted molar refractivity (Wildman–Crippen MR) is 111 cm³/mol. The van der Waals surface area contributed by atoms with E-state index in [0.717, 1.165) is 27.9 Å². The van der Waals surface area contributed by atoms with Gasteiger partial charge in [-0.3, -0.25) is 0 Å². The third-order valence-electron chi connectivity index (χ3n) is 5.22. The Hall–Kier alpha value is -2.59. The van der Waals surface area contributed by atoms with Crippen molar-refractivity contribution in [2.24, 2.45) is 5.10 Å². The van der Waals surface area contributed by atoms with Crippen molar-refractivity contribution in [1.29, 1.82) is 0 Å². The monoisotopic (exact) mass is 418 g/mol. The number of fused-ring (bicyclic) bond motifs is 3. The zero-order chi connectivity index (χ0) is 18.4. The zero-order valence-corrected chi connectivity index (χ0v) is 16.6. The summed E-state index contributed by atoms with van der Waals surface area (Å²) in [5.41, 5.74) is 5.85. The van der Waals surface area contributed by atoms with Crippen LogP contribution in [-0.2, 0) is 0 Å². The molecular formula is C23H19BrN2O. The summed E-state index contributed by atoms with van der Waals surface area (Å²) in [6.45, 7) is 2.11. The van der Waals surface area contributed by atoms with Gasteiger partial charge in [-0.1, -0.05) is 76.1 Å². The van der Waals surface area contributed by atoms with Crippen molar-refractivity contribution in [3.63, 3.8) is 0 Å². The summed E-state index contributed by atoms with van der Waals surface area (Å²) in [5.74, 6) is 0.948. The molecule has 0 aromatic heterocycles. The van der Waals surface area contributed by atoms with E-state index in [9.17, 15) is 0 Å². The molecule has 0 amide bonds. The van der Waals surface area contributed by atoms with Crippen LogP contribution in [0.1, 0.15) is 40.9 Å². The first kappa shape index (κ1) is 16.6. The molecule has 0 spiro atoms. The maximum Gasteiger partial charge on any atom is 0.213 e. The van der Waals surface area contributed by atoms with Crippen LogP contribution in [0.4, 0.5) is 0 Å². The fourth-order valence-electron chi connectivity index (χ4n) is 3.83. The van der Waals surface area contributed by atoms with E-state index >= 15 is 0 Å². The van der Waals surface area contributed by atoms with Gasteiger partial charge in [0.05, 0.1) is 11.8 Å². The van der Waals surface area contributed by atoms with Gasteiger partial charge in [-0.05, 0) is 30.7 Å². The van der Waals surface area contributed by atoms with Gasteiger partial charge < -0.3 is 4.74 Å². The standard InChI is InChI=1S/C23H19BrN2O/c1-15-9-11-16(12-10-15)20-14-21-19-7-2-3-8-22(19)27-23(26(21)25-20)17-5-4-6-18(24)13-17/h2-13,21,23H,14H2,1H3/t21-,23-/m0/s1. The van der Waals surface area contributed by atoms with Crippen molar-refractivity contribution in [3.05, 3.63) is 99.5 Å². The first-order valence-corrected chi connectivity index (χ1v) is 9.92. The highest BCUT2D eigenvalue weighted by atomic mass is 79.9. The molecule has 0 bridgehead atoms. The number of hydrogen-bond donors (Lipinski definition) is 0. The van der Waals surface area contributed by atoms with Gasteiger partial charge in [0.2, 0.25) is 6.23 Å². The number of para-hydroxylation sites is 1. The van der Waals surface area contributed by atoms with Crippen LogP contribution >= 0.6 is 15.9 Å².